The molecule has 3 aromatic rings. The van der Waals surface area contributed by atoms with Crippen LogP contribution in [0.1, 0.15) is 45.3 Å². The summed E-state index contributed by atoms with van der Waals surface area (Å²) in [6, 6.07) is 4.21. The summed E-state index contributed by atoms with van der Waals surface area (Å²) in [5, 5.41) is 9.03. The molecule has 4 heterocycles. The molecule has 0 unspecified atom stereocenters. The highest BCUT2D eigenvalue weighted by Gasteiger charge is 2.28. The van der Waals surface area contributed by atoms with Crippen LogP contribution < -0.4 is 4.74 Å². The van der Waals surface area contributed by atoms with Crippen molar-refractivity contribution in [3.05, 3.63) is 36.4 Å². The number of piperidine rings is 1. The highest BCUT2D eigenvalue weighted by Crippen LogP contribution is 2.32. The van der Waals surface area contributed by atoms with Gasteiger partial charge < -0.3 is 14.4 Å². The number of pyridine rings is 1. The SMILES string of the molecule is COc1cc(-c2cnn(C3CCN(C(=O)OC(C)(C)C)CC3)c2C)cn2nccc12. The number of hydrogen-bond acceptors (Lipinski definition) is 5. The second-order valence-electron chi connectivity index (χ2n) is 8.74. The van der Waals surface area contributed by atoms with Crippen LogP contribution in [0.3, 0.4) is 0 Å². The fraction of sp³-hybridized carbons (Fsp3) is 0.500. The summed E-state index contributed by atoms with van der Waals surface area (Å²) in [5.74, 6) is 0.780. The molecule has 0 saturated carbocycles. The molecule has 30 heavy (non-hydrogen) atoms. The summed E-state index contributed by atoms with van der Waals surface area (Å²) >= 11 is 0. The molecule has 0 aliphatic carbocycles. The lowest BCUT2D eigenvalue weighted by Crippen LogP contribution is -2.42. The van der Waals surface area contributed by atoms with Crippen LogP contribution in [0, 0.1) is 6.92 Å². The monoisotopic (exact) mass is 411 g/mol. The van der Waals surface area contributed by atoms with E-state index in [0.29, 0.717) is 13.1 Å². The van der Waals surface area contributed by atoms with Crippen molar-refractivity contribution in [1.29, 1.82) is 0 Å². The lowest BCUT2D eigenvalue weighted by atomic mass is 10.0. The quantitative estimate of drug-likeness (QED) is 0.649. The van der Waals surface area contributed by atoms with Crippen LogP contribution in [0.15, 0.2) is 30.7 Å². The minimum atomic E-state index is -0.474. The van der Waals surface area contributed by atoms with Crippen LogP contribution in [-0.2, 0) is 4.74 Å². The van der Waals surface area contributed by atoms with Crippen molar-refractivity contribution < 1.29 is 14.3 Å². The van der Waals surface area contributed by atoms with E-state index < -0.39 is 5.60 Å². The summed E-state index contributed by atoms with van der Waals surface area (Å²) in [4.78, 5) is 14.1. The fourth-order valence-electron chi connectivity index (χ4n) is 4.00. The molecular formula is C22H29N5O3. The van der Waals surface area contributed by atoms with Gasteiger partial charge in [-0.05, 0) is 52.7 Å². The van der Waals surface area contributed by atoms with Gasteiger partial charge in [0.2, 0.25) is 0 Å². The van der Waals surface area contributed by atoms with Crippen molar-refractivity contribution in [2.45, 2.75) is 52.2 Å². The lowest BCUT2D eigenvalue weighted by molar-refractivity contribution is 0.0184. The first kappa shape index (κ1) is 20.3. The maximum atomic E-state index is 12.3. The first-order valence-electron chi connectivity index (χ1n) is 10.3. The number of amides is 1. The number of methoxy groups -OCH3 is 1. The summed E-state index contributed by atoms with van der Waals surface area (Å²) < 4.78 is 14.9. The molecule has 0 N–H and O–H groups in total. The molecule has 1 amide bonds. The average molecular weight is 412 g/mol. The molecular weight excluding hydrogens is 382 g/mol. The van der Waals surface area contributed by atoms with Gasteiger partial charge in [-0.15, -0.1) is 0 Å². The Morgan fingerprint density at radius 2 is 1.93 bits per heavy atom. The molecule has 0 spiro atoms. The van der Waals surface area contributed by atoms with Crippen LogP contribution in [0.4, 0.5) is 4.79 Å². The van der Waals surface area contributed by atoms with Crippen LogP contribution >= 0.6 is 0 Å². The second kappa shape index (κ2) is 7.66. The molecule has 1 fully saturated rings. The Morgan fingerprint density at radius 1 is 1.20 bits per heavy atom. The minimum Gasteiger partial charge on any atom is -0.494 e. The number of likely N-dealkylation sites (tertiary alicyclic amines) is 1. The molecule has 4 rings (SSSR count). The van der Waals surface area contributed by atoms with Gasteiger partial charge in [0.05, 0.1) is 25.5 Å². The molecule has 0 aromatic carbocycles. The van der Waals surface area contributed by atoms with Crippen LogP contribution in [0.5, 0.6) is 5.75 Å². The maximum Gasteiger partial charge on any atom is 0.410 e. The fourth-order valence-corrected chi connectivity index (χ4v) is 4.00. The Labute approximate surface area is 176 Å². The average Bonchev–Trinajstić information content (AvgIpc) is 3.32. The predicted molar refractivity (Wildman–Crippen MR) is 114 cm³/mol. The zero-order chi connectivity index (χ0) is 21.5. The normalized spacial score (nSPS) is 15.6. The molecule has 8 nitrogen and oxygen atoms in total. The molecule has 1 aliphatic heterocycles. The van der Waals surface area contributed by atoms with Crippen molar-refractivity contribution in [1.82, 2.24) is 24.3 Å². The predicted octanol–water partition coefficient (Wildman–Crippen LogP) is 4.09. The van der Waals surface area contributed by atoms with Crippen molar-refractivity contribution >= 4 is 11.6 Å². The molecule has 1 saturated heterocycles. The van der Waals surface area contributed by atoms with Gasteiger partial charge in [0, 0.05) is 36.1 Å². The largest absolute Gasteiger partial charge is 0.494 e. The van der Waals surface area contributed by atoms with Crippen molar-refractivity contribution in [3.63, 3.8) is 0 Å². The van der Waals surface area contributed by atoms with Crippen LogP contribution in [0.25, 0.3) is 16.6 Å². The van der Waals surface area contributed by atoms with E-state index >= 15 is 0 Å². The smallest absolute Gasteiger partial charge is 0.410 e. The Kier molecular flexibility index (Phi) is 5.17. The van der Waals surface area contributed by atoms with E-state index in [1.807, 2.05) is 49.8 Å². The highest BCUT2D eigenvalue weighted by molar-refractivity contribution is 5.72. The lowest BCUT2D eigenvalue weighted by Gasteiger charge is -2.33. The van der Waals surface area contributed by atoms with Gasteiger partial charge >= 0.3 is 6.09 Å². The maximum absolute atomic E-state index is 12.3. The van der Waals surface area contributed by atoms with Gasteiger partial charge in [-0.25, -0.2) is 9.31 Å². The van der Waals surface area contributed by atoms with E-state index in [1.165, 1.54) is 0 Å². The zero-order valence-electron chi connectivity index (χ0n) is 18.3. The Balaban J connectivity index is 1.52. The standard InChI is InChI=1S/C22H29N5O3/c1-15-18(16-12-20(29-5)19-6-9-23-26(19)14-16)13-24-27(15)17-7-10-25(11-8-17)21(28)30-22(2,3)4/h6,9,12-14,17H,7-8,10-11H2,1-5H3. The minimum absolute atomic E-state index is 0.238. The third-order valence-electron chi connectivity index (χ3n) is 5.51. The van der Waals surface area contributed by atoms with Crippen molar-refractivity contribution in [3.8, 4) is 16.9 Å². The van der Waals surface area contributed by atoms with Crippen LogP contribution in [-0.4, -0.2) is 56.2 Å². The Bertz CT molecular complexity index is 1050. The van der Waals surface area contributed by atoms with Gasteiger partial charge in [0.1, 0.15) is 16.9 Å². The molecule has 8 heteroatoms. The van der Waals surface area contributed by atoms with Crippen molar-refractivity contribution in [2.24, 2.45) is 0 Å². The molecule has 0 atom stereocenters. The summed E-state index contributed by atoms with van der Waals surface area (Å²) in [6.45, 7) is 9.09. The summed E-state index contributed by atoms with van der Waals surface area (Å²) in [7, 11) is 1.67. The van der Waals surface area contributed by atoms with E-state index in [-0.39, 0.29) is 12.1 Å². The topological polar surface area (TPSA) is 73.9 Å². The molecule has 0 bridgehead atoms. The van der Waals surface area contributed by atoms with Crippen molar-refractivity contribution in [2.75, 3.05) is 20.2 Å². The zero-order valence-corrected chi connectivity index (χ0v) is 18.3. The number of nitrogens with zero attached hydrogens (tertiary/aromatic N) is 5. The first-order valence-corrected chi connectivity index (χ1v) is 10.3. The third-order valence-corrected chi connectivity index (χ3v) is 5.51. The molecule has 0 radical (unpaired) electrons. The van der Waals surface area contributed by atoms with Gasteiger partial charge in [0.25, 0.3) is 0 Å². The summed E-state index contributed by atoms with van der Waals surface area (Å²) in [5.41, 5.74) is 3.62. The number of aromatic nitrogens is 4. The number of carbonyl (C=O) groups excluding carboxylic acids is 1. The number of hydrogen-bond donors (Lipinski definition) is 0. The molecule has 3 aromatic heterocycles. The Morgan fingerprint density at radius 3 is 2.60 bits per heavy atom. The number of carbonyl (C=O) groups is 1. The first-order chi connectivity index (χ1) is 14.3. The van der Waals surface area contributed by atoms with E-state index in [1.54, 1.807) is 18.2 Å². The number of fused-ring (bicyclic) bond motifs is 1. The third kappa shape index (κ3) is 3.86. The van der Waals surface area contributed by atoms with E-state index in [9.17, 15) is 4.79 Å². The van der Waals surface area contributed by atoms with E-state index in [4.69, 9.17) is 9.47 Å². The highest BCUT2D eigenvalue weighted by atomic mass is 16.6. The second-order valence-corrected chi connectivity index (χ2v) is 8.74. The van der Waals surface area contributed by atoms with Gasteiger partial charge in [0.15, 0.2) is 0 Å². The summed E-state index contributed by atoms with van der Waals surface area (Å²) in [6.07, 6.45) is 7.12. The number of ether oxygens (including phenoxy) is 2. The van der Waals surface area contributed by atoms with Gasteiger partial charge in [-0.1, -0.05) is 0 Å². The molecule has 1 aliphatic rings. The van der Waals surface area contributed by atoms with E-state index in [2.05, 4.69) is 21.8 Å². The molecule has 160 valence electrons. The van der Waals surface area contributed by atoms with E-state index in [0.717, 1.165) is 40.9 Å². The Hall–Kier alpha value is -3.03. The van der Waals surface area contributed by atoms with Crippen LogP contribution in [0.2, 0.25) is 0 Å². The van der Waals surface area contributed by atoms with Gasteiger partial charge in [-0.3, -0.25) is 4.68 Å². The van der Waals surface area contributed by atoms with Gasteiger partial charge in [-0.2, -0.15) is 10.2 Å². The number of rotatable bonds is 3.